The smallest absolute Gasteiger partial charge is 0.261 e. The lowest BCUT2D eigenvalue weighted by Gasteiger charge is -2.46. The van der Waals surface area contributed by atoms with E-state index in [1.807, 2.05) is 18.5 Å². The maximum Gasteiger partial charge on any atom is 0.261 e. The van der Waals surface area contributed by atoms with Gasteiger partial charge in [-0.1, -0.05) is 6.42 Å². The molecule has 1 amide bonds. The van der Waals surface area contributed by atoms with Crippen LogP contribution in [-0.2, 0) is 4.79 Å². The van der Waals surface area contributed by atoms with E-state index < -0.39 is 0 Å². The van der Waals surface area contributed by atoms with Crippen LogP contribution in [-0.4, -0.2) is 63.2 Å². The Bertz CT molecular complexity index is 904. The van der Waals surface area contributed by atoms with Gasteiger partial charge in [-0.2, -0.15) is 0 Å². The van der Waals surface area contributed by atoms with Gasteiger partial charge in [-0.3, -0.25) is 4.79 Å². The second-order valence-electron chi connectivity index (χ2n) is 7.97. The Kier molecular flexibility index (Phi) is 6.03. The average Bonchev–Trinajstić information content (AvgIpc) is 3.23. The molecular weight excluding hydrogens is 408 g/mol. The number of hydrogen-bond donors (Lipinski definition) is 2. The molecule has 2 saturated heterocycles. The van der Waals surface area contributed by atoms with E-state index in [4.69, 9.17) is 0 Å². The van der Waals surface area contributed by atoms with Crippen LogP contribution in [0.2, 0.25) is 0 Å². The number of fused-ring (bicyclic) bond motifs is 1. The summed E-state index contributed by atoms with van der Waals surface area (Å²) in [4.78, 5) is 30.2. The molecule has 29 heavy (non-hydrogen) atoms. The number of halogens is 1. The normalized spacial score (nSPS) is 25.0. The number of rotatable bonds is 2. The van der Waals surface area contributed by atoms with Crippen molar-refractivity contribution in [3.8, 4) is 0 Å². The predicted molar refractivity (Wildman–Crippen MR) is 119 cm³/mol. The van der Waals surface area contributed by atoms with Gasteiger partial charge in [0.05, 0.1) is 10.3 Å². The highest BCUT2D eigenvalue weighted by Gasteiger charge is 2.38. The summed E-state index contributed by atoms with van der Waals surface area (Å²) in [7, 11) is 0. The molecule has 1 spiro atoms. The molecule has 0 aromatic carbocycles. The van der Waals surface area contributed by atoms with E-state index in [0.717, 1.165) is 60.1 Å². The number of carbonyl (C=O) groups excluding carboxylic acids is 1. The van der Waals surface area contributed by atoms with E-state index in [-0.39, 0.29) is 23.9 Å². The number of nitrogens with zero attached hydrogens (tertiary/aromatic N) is 4. The van der Waals surface area contributed by atoms with E-state index in [1.54, 1.807) is 18.1 Å². The number of aromatic amines is 1. The zero-order valence-electron chi connectivity index (χ0n) is 16.4. The van der Waals surface area contributed by atoms with E-state index in [1.165, 1.54) is 25.7 Å². The van der Waals surface area contributed by atoms with Gasteiger partial charge in [0.25, 0.3) is 5.91 Å². The van der Waals surface area contributed by atoms with Crippen LogP contribution in [0.4, 0.5) is 5.82 Å². The maximum atomic E-state index is 13.3. The zero-order valence-corrected chi connectivity index (χ0v) is 18.0. The first-order valence-electron chi connectivity index (χ1n) is 10.2. The minimum atomic E-state index is 0. The van der Waals surface area contributed by atoms with Gasteiger partial charge in [0.2, 0.25) is 0 Å². The fourth-order valence-corrected chi connectivity index (χ4v) is 5.67. The van der Waals surface area contributed by atoms with Crippen molar-refractivity contribution in [2.45, 2.75) is 37.6 Å². The van der Waals surface area contributed by atoms with Crippen molar-refractivity contribution in [1.82, 2.24) is 25.2 Å². The second-order valence-corrected chi connectivity index (χ2v) is 9.10. The fourth-order valence-electron chi connectivity index (χ4n) is 4.71. The van der Waals surface area contributed by atoms with Crippen molar-refractivity contribution in [2.75, 3.05) is 36.8 Å². The summed E-state index contributed by atoms with van der Waals surface area (Å²) in [5.41, 5.74) is 0.959. The Morgan fingerprint density at radius 1 is 1.17 bits per heavy atom. The Balaban J connectivity index is 0.00000205. The summed E-state index contributed by atoms with van der Waals surface area (Å²) in [5.74, 6) is 1.91. The molecule has 2 fully saturated rings. The summed E-state index contributed by atoms with van der Waals surface area (Å²) in [6, 6.07) is 1.99. The molecule has 2 N–H and O–H groups in total. The van der Waals surface area contributed by atoms with Crippen molar-refractivity contribution in [1.29, 1.82) is 0 Å². The lowest BCUT2D eigenvalue weighted by Crippen LogP contribution is -2.60. The van der Waals surface area contributed by atoms with Crippen molar-refractivity contribution in [2.24, 2.45) is 0 Å². The van der Waals surface area contributed by atoms with Crippen LogP contribution in [0, 0.1) is 0 Å². The highest BCUT2D eigenvalue weighted by atomic mass is 35.5. The van der Waals surface area contributed by atoms with Crippen molar-refractivity contribution >= 4 is 46.9 Å². The van der Waals surface area contributed by atoms with Gasteiger partial charge in [-0.25, -0.2) is 9.97 Å². The summed E-state index contributed by atoms with van der Waals surface area (Å²) < 4.78 is 0. The quantitative estimate of drug-likeness (QED) is 0.756. The molecule has 0 bridgehead atoms. The first-order valence-corrected chi connectivity index (χ1v) is 11.2. The molecule has 3 aliphatic heterocycles. The number of H-pyrrole nitrogens is 1. The van der Waals surface area contributed by atoms with Crippen LogP contribution < -0.4 is 10.2 Å². The van der Waals surface area contributed by atoms with Gasteiger partial charge in [0, 0.05) is 43.3 Å². The lowest BCUT2D eigenvalue weighted by molar-refractivity contribution is -0.129. The van der Waals surface area contributed by atoms with Crippen LogP contribution in [0.3, 0.4) is 0 Å². The summed E-state index contributed by atoms with van der Waals surface area (Å²) in [6.45, 7) is 3.60. The van der Waals surface area contributed by atoms with Crippen LogP contribution in [0.1, 0.15) is 32.1 Å². The molecule has 9 heteroatoms. The van der Waals surface area contributed by atoms with Crippen LogP contribution >= 0.6 is 24.2 Å². The molecule has 3 aliphatic rings. The number of thioether (sulfide) groups is 1. The number of amides is 1. The Morgan fingerprint density at radius 2 is 2.07 bits per heavy atom. The molecule has 2 aromatic heterocycles. The number of carbonyl (C=O) groups is 1. The third-order valence-electron chi connectivity index (χ3n) is 6.12. The van der Waals surface area contributed by atoms with Gasteiger partial charge < -0.3 is 20.1 Å². The largest absolute Gasteiger partial charge is 0.346 e. The van der Waals surface area contributed by atoms with E-state index in [9.17, 15) is 4.79 Å². The second kappa shape index (κ2) is 8.53. The highest BCUT2D eigenvalue weighted by Crippen LogP contribution is 2.33. The van der Waals surface area contributed by atoms with Gasteiger partial charge in [0.1, 0.15) is 17.8 Å². The van der Waals surface area contributed by atoms with Crippen LogP contribution in [0.15, 0.2) is 29.7 Å². The molecule has 7 nitrogen and oxygen atoms in total. The Labute approximate surface area is 181 Å². The van der Waals surface area contributed by atoms with E-state index in [2.05, 4.69) is 30.1 Å². The molecular formula is C20H27ClN6OS. The third kappa shape index (κ3) is 3.98. The molecule has 0 radical (unpaired) electrons. The van der Waals surface area contributed by atoms with Gasteiger partial charge in [0.15, 0.2) is 0 Å². The van der Waals surface area contributed by atoms with Gasteiger partial charge in [-0.15, -0.1) is 24.2 Å². The highest BCUT2D eigenvalue weighted by molar-refractivity contribution is 8.04. The van der Waals surface area contributed by atoms with E-state index >= 15 is 0 Å². The summed E-state index contributed by atoms with van der Waals surface area (Å²) >= 11 is 1.66. The predicted octanol–water partition coefficient (Wildman–Crippen LogP) is 2.91. The molecule has 156 valence electrons. The van der Waals surface area contributed by atoms with Gasteiger partial charge >= 0.3 is 0 Å². The minimum Gasteiger partial charge on any atom is -0.346 e. The van der Waals surface area contributed by atoms with Crippen LogP contribution in [0.5, 0.6) is 0 Å². The Morgan fingerprint density at radius 3 is 2.93 bits per heavy atom. The SMILES string of the molecule is Cl.O=C(C1=CN(c2ncnc3[nH]ccc23)CCS1)N1CCCC2(CCCCN2)C1. The first kappa shape index (κ1) is 20.5. The van der Waals surface area contributed by atoms with Crippen molar-refractivity contribution in [3.63, 3.8) is 0 Å². The fraction of sp³-hybridized carbons (Fsp3) is 0.550. The minimum absolute atomic E-state index is 0. The Hall–Kier alpha value is -1.77. The summed E-state index contributed by atoms with van der Waals surface area (Å²) in [5, 5.41) is 4.71. The molecule has 1 atom stereocenters. The maximum absolute atomic E-state index is 13.3. The number of aromatic nitrogens is 3. The summed E-state index contributed by atoms with van der Waals surface area (Å²) in [6.07, 6.45) is 11.4. The van der Waals surface area contributed by atoms with E-state index in [0.29, 0.717) is 0 Å². The monoisotopic (exact) mass is 434 g/mol. The average molecular weight is 435 g/mol. The number of hydrogen-bond acceptors (Lipinski definition) is 6. The van der Waals surface area contributed by atoms with Crippen molar-refractivity contribution in [3.05, 3.63) is 29.7 Å². The molecule has 2 aromatic rings. The molecule has 0 saturated carbocycles. The lowest BCUT2D eigenvalue weighted by atomic mass is 9.82. The van der Waals surface area contributed by atoms with Crippen LogP contribution in [0.25, 0.3) is 11.0 Å². The zero-order chi connectivity index (χ0) is 19.0. The van der Waals surface area contributed by atoms with Crippen molar-refractivity contribution < 1.29 is 4.79 Å². The number of anilines is 1. The molecule has 0 aliphatic carbocycles. The standard InChI is InChI=1S/C20H26N6OS.ClH/c27-19(26-9-3-6-20(13-26)5-1-2-7-24-20)16-12-25(10-11-28-16)18-15-4-8-21-17(15)22-14-23-18;/h4,8,12,14,24H,1-3,5-7,9-11,13H2,(H,21,22,23);1H. The number of piperidine rings is 2. The number of nitrogens with one attached hydrogen (secondary N) is 2. The molecule has 1 unspecified atom stereocenters. The molecule has 5 heterocycles. The van der Waals surface area contributed by atoms with Gasteiger partial charge in [-0.05, 0) is 38.3 Å². The topological polar surface area (TPSA) is 77.2 Å². The number of likely N-dealkylation sites (tertiary alicyclic amines) is 1. The third-order valence-corrected chi connectivity index (χ3v) is 7.10. The first-order chi connectivity index (χ1) is 13.7. The molecule has 5 rings (SSSR count).